The first-order valence-corrected chi connectivity index (χ1v) is 7.10. The Morgan fingerprint density at radius 1 is 1.35 bits per heavy atom. The molecular weight excluding hydrogens is 326 g/mol. The number of esters is 1. The number of rotatable bonds is 5. The molecular formula is C14H18ClN3O5. The van der Waals surface area contributed by atoms with Gasteiger partial charge in [0.25, 0.3) is 5.91 Å². The fraction of sp³-hybridized carbons (Fsp3) is 0.357. The van der Waals surface area contributed by atoms with E-state index in [1.807, 2.05) is 5.32 Å². The van der Waals surface area contributed by atoms with Gasteiger partial charge >= 0.3 is 12.0 Å². The van der Waals surface area contributed by atoms with Crippen LogP contribution >= 0.6 is 11.6 Å². The molecule has 0 radical (unpaired) electrons. The van der Waals surface area contributed by atoms with E-state index in [4.69, 9.17) is 26.8 Å². The quantitative estimate of drug-likeness (QED) is 0.548. The first kappa shape index (κ1) is 18.6. The van der Waals surface area contributed by atoms with E-state index in [1.54, 1.807) is 6.92 Å². The summed E-state index contributed by atoms with van der Waals surface area (Å²) in [5, 5.41) is 4.58. The lowest BCUT2D eigenvalue weighted by molar-refractivity contribution is -0.127. The second-order valence-electron chi connectivity index (χ2n) is 4.47. The number of nitrogen functional groups attached to an aromatic ring is 1. The Morgan fingerprint density at radius 3 is 2.57 bits per heavy atom. The van der Waals surface area contributed by atoms with E-state index in [1.165, 1.54) is 26.2 Å². The fourth-order valence-electron chi connectivity index (χ4n) is 1.59. The predicted octanol–water partition coefficient (Wildman–Crippen LogP) is 1.32. The summed E-state index contributed by atoms with van der Waals surface area (Å²) in [6, 6.07) is 1.98. The number of imide groups is 1. The van der Waals surface area contributed by atoms with Crippen LogP contribution in [0.1, 0.15) is 24.2 Å². The summed E-state index contributed by atoms with van der Waals surface area (Å²) in [7, 11) is 1.35. The Labute approximate surface area is 138 Å². The summed E-state index contributed by atoms with van der Waals surface area (Å²) >= 11 is 5.87. The molecule has 9 heteroatoms. The first-order chi connectivity index (χ1) is 10.8. The molecule has 0 aromatic heterocycles. The molecule has 23 heavy (non-hydrogen) atoms. The molecule has 0 saturated carbocycles. The van der Waals surface area contributed by atoms with Gasteiger partial charge in [-0.05, 0) is 19.9 Å². The monoisotopic (exact) mass is 343 g/mol. The molecule has 0 spiro atoms. The van der Waals surface area contributed by atoms with Gasteiger partial charge in [0.1, 0.15) is 11.3 Å². The lowest BCUT2D eigenvalue weighted by Crippen LogP contribution is -2.44. The van der Waals surface area contributed by atoms with E-state index in [0.717, 1.165) is 0 Å². The molecule has 0 heterocycles. The summed E-state index contributed by atoms with van der Waals surface area (Å²) in [5.41, 5.74) is 5.88. The highest BCUT2D eigenvalue weighted by atomic mass is 35.5. The van der Waals surface area contributed by atoms with E-state index in [2.05, 4.69) is 5.32 Å². The minimum atomic E-state index is -1.19. The number of halogens is 1. The van der Waals surface area contributed by atoms with Crippen molar-refractivity contribution in [2.24, 2.45) is 0 Å². The van der Waals surface area contributed by atoms with Gasteiger partial charge in [0, 0.05) is 12.6 Å². The van der Waals surface area contributed by atoms with E-state index >= 15 is 0 Å². The second kappa shape index (κ2) is 8.23. The molecule has 126 valence electrons. The van der Waals surface area contributed by atoms with Crippen LogP contribution in [0.3, 0.4) is 0 Å². The number of hydrogen-bond acceptors (Lipinski definition) is 6. The topological polar surface area (TPSA) is 120 Å². The third kappa shape index (κ3) is 5.03. The van der Waals surface area contributed by atoms with Gasteiger partial charge in [-0.15, -0.1) is 0 Å². The third-order valence-corrected chi connectivity index (χ3v) is 3.09. The minimum absolute atomic E-state index is 0.0179. The summed E-state index contributed by atoms with van der Waals surface area (Å²) in [4.78, 5) is 35.1. The molecule has 1 aromatic rings. The van der Waals surface area contributed by atoms with Gasteiger partial charge in [0.05, 0.1) is 17.8 Å². The van der Waals surface area contributed by atoms with Crippen LogP contribution in [0.4, 0.5) is 10.5 Å². The highest BCUT2D eigenvalue weighted by Gasteiger charge is 2.23. The number of methoxy groups -OCH3 is 1. The minimum Gasteiger partial charge on any atom is -0.496 e. The molecule has 8 nitrogen and oxygen atoms in total. The summed E-state index contributed by atoms with van der Waals surface area (Å²) < 4.78 is 10.0. The zero-order valence-electron chi connectivity index (χ0n) is 12.9. The number of amides is 3. The number of carbonyl (C=O) groups excluding carboxylic acids is 3. The molecule has 0 bridgehead atoms. The molecule has 4 N–H and O–H groups in total. The molecule has 0 fully saturated rings. The van der Waals surface area contributed by atoms with Crippen molar-refractivity contribution in [3.05, 3.63) is 22.7 Å². The van der Waals surface area contributed by atoms with Crippen LogP contribution in [0.2, 0.25) is 5.02 Å². The third-order valence-electron chi connectivity index (χ3n) is 2.77. The fourth-order valence-corrected chi connectivity index (χ4v) is 1.76. The van der Waals surface area contributed by atoms with Crippen LogP contribution in [0, 0.1) is 0 Å². The van der Waals surface area contributed by atoms with E-state index in [9.17, 15) is 14.4 Å². The van der Waals surface area contributed by atoms with Crippen LogP contribution in [0.5, 0.6) is 5.75 Å². The number of carbonyl (C=O) groups is 3. The molecule has 0 aliphatic rings. The maximum Gasteiger partial charge on any atom is 0.342 e. The van der Waals surface area contributed by atoms with Crippen LogP contribution in [-0.2, 0) is 9.53 Å². The van der Waals surface area contributed by atoms with Crippen LogP contribution in [-0.4, -0.2) is 37.7 Å². The summed E-state index contributed by atoms with van der Waals surface area (Å²) in [6.07, 6.45) is -1.19. The zero-order valence-corrected chi connectivity index (χ0v) is 13.7. The molecule has 3 amide bonds. The molecule has 0 aliphatic heterocycles. The number of nitrogens with two attached hydrogens (primary N) is 1. The standard InChI is InChI=1S/C14H18ClN3O5/c1-4-17-14(21)18-12(19)7(2)23-13(20)8-5-9(15)10(16)6-11(8)22-3/h5-7H,4,16H2,1-3H3,(H2,17,18,19,21). The van der Waals surface area contributed by atoms with Crippen molar-refractivity contribution < 1.29 is 23.9 Å². The number of benzene rings is 1. The lowest BCUT2D eigenvalue weighted by Gasteiger charge is -2.15. The average molecular weight is 344 g/mol. The van der Waals surface area contributed by atoms with Crippen molar-refractivity contribution in [1.29, 1.82) is 0 Å². The van der Waals surface area contributed by atoms with E-state index in [0.29, 0.717) is 6.54 Å². The molecule has 1 rings (SSSR count). The lowest BCUT2D eigenvalue weighted by atomic mass is 10.2. The molecule has 0 saturated heterocycles. The SMILES string of the molecule is CCNC(=O)NC(=O)C(C)OC(=O)c1cc(Cl)c(N)cc1OC. The number of ether oxygens (including phenoxy) is 2. The van der Waals surface area contributed by atoms with Crippen LogP contribution in [0.25, 0.3) is 0 Å². The van der Waals surface area contributed by atoms with Gasteiger partial charge in [-0.1, -0.05) is 11.6 Å². The number of anilines is 1. The van der Waals surface area contributed by atoms with Crippen LogP contribution < -0.4 is 21.1 Å². The molecule has 1 atom stereocenters. The highest BCUT2D eigenvalue weighted by Crippen LogP contribution is 2.29. The van der Waals surface area contributed by atoms with Gasteiger partial charge in [-0.3, -0.25) is 10.1 Å². The maximum absolute atomic E-state index is 12.1. The Hall–Kier alpha value is -2.48. The first-order valence-electron chi connectivity index (χ1n) is 6.72. The van der Waals surface area contributed by atoms with Gasteiger partial charge in [0.15, 0.2) is 6.10 Å². The zero-order chi connectivity index (χ0) is 17.6. The molecule has 1 unspecified atom stereocenters. The largest absolute Gasteiger partial charge is 0.496 e. The smallest absolute Gasteiger partial charge is 0.342 e. The Bertz CT molecular complexity index is 621. The molecule has 0 aliphatic carbocycles. The van der Waals surface area contributed by atoms with Crippen molar-refractivity contribution in [2.75, 3.05) is 19.4 Å². The second-order valence-corrected chi connectivity index (χ2v) is 4.88. The Morgan fingerprint density at radius 2 is 2.00 bits per heavy atom. The van der Waals surface area contributed by atoms with Gasteiger partial charge in [-0.2, -0.15) is 0 Å². The van der Waals surface area contributed by atoms with Crippen molar-refractivity contribution in [2.45, 2.75) is 20.0 Å². The average Bonchev–Trinajstić information content (AvgIpc) is 2.49. The van der Waals surface area contributed by atoms with Crippen molar-refractivity contribution >= 4 is 35.2 Å². The Kier molecular flexibility index (Phi) is 6.65. The van der Waals surface area contributed by atoms with Crippen molar-refractivity contribution in [1.82, 2.24) is 10.6 Å². The maximum atomic E-state index is 12.1. The normalized spacial score (nSPS) is 11.3. The van der Waals surface area contributed by atoms with Crippen molar-refractivity contribution in [3.8, 4) is 5.75 Å². The van der Waals surface area contributed by atoms with Gasteiger partial charge in [-0.25, -0.2) is 9.59 Å². The summed E-state index contributed by atoms with van der Waals surface area (Å²) in [5.74, 6) is -1.43. The van der Waals surface area contributed by atoms with Gasteiger partial charge < -0.3 is 20.5 Å². The molecule has 1 aromatic carbocycles. The number of urea groups is 1. The Balaban J connectivity index is 2.81. The van der Waals surface area contributed by atoms with Gasteiger partial charge in [0.2, 0.25) is 0 Å². The highest BCUT2D eigenvalue weighted by molar-refractivity contribution is 6.33. The van der Waals surface area contributed by atoms with E-state index in [-0.39, 0.29) is 22.0 Å². The van der Waals surface area contributed by atoms with Crippen molar-refractivity contribution in [3.63, 3.8) is 0 Å². The van der Waals surface area contributed by atoms with Crippen LogP contribution in [0.15, 0.2) is 12.1 Å². The van der Waals surface area contributed by atoms with E-state index < -0.39 is 24.0 Å². The number of hydrogen-bond donors (Lipinski definition) is 3. The summed E-state index contributed by atoms with van der Waals surface area (Å²) in [6.45, 7) is 3.39. The predicted molar refractivity (Wildman–Crippen MR) is 84.5 cm³/mol. The number of nitrogens with one attached hydrogen (secondary N) is 2.